The summed E-state index contributed by atoms with van der Waals surface area (Å²) in [5.41, 5.74) is -0.210. The molecule has 0 spiro atoms. The highest BCUT2D eigenvalue weighted by molar-refractivity contribution is 9.09. The van der Waals surface area contributed by atoms with Crippen LogP contribution in [0.5, 0.6) is 0 Å². The second kappa shape index (κ2) is 7.46. The molecule has 0 fully saturated rings. The van der Waals surface area contributed by atoms with E-state index in [-0.39, 0.29) is 5.56 Å². The van der Waals surface area contributed by atoms with Crippen molar-refractivity contribution in [2.75, 3.05) is 18.9 Å². The summed E-state index contributed by atoms with van der Waals surface area (Å²) in [5.74, 6) is -2.55. The normalized spacial score (nSPS) is 10.4. The highest BCUT2D eigenvalue weighted by Crippen LogP contribution is 2.13. The Morgan fingerprint density at radius 1 is 1.28 bits per heavy atom. The Bertz CT molecular complexity index is 412. The van der Waals surface area contributed by atoms with Gasteiger partial charge in [0.25, 0.3) is 5.91 Å². The Labute approximate surface area is 114 Å². The topological polar surface area (TPSA) is 20.3 Å². The monoisotopic (exact) mass is 319 g/mol. The number of carbonyl (C=O) groups is 1. The second-order valence-corrected chi connectivity index (χ2v) is 4.87. The van der Waals surface area contributed by atoms with Crippen LogP contribution in [0, 0.1) is 11.6 Å². The average molecular weight is 320 g/mol. The molecule has 0 N–H and O–H groups in total. The van der Waals surface area contributed by atoms with E-state index in [1.165, 1.54) is 17.0 Å². The molecule has 0 bridgehead atoms. The molecule has 2 nitrogen and oxygen atoms in total. The van der Waals surface area contributed by atoms with E-state index in [0.717, 1.165) is 30.7 Å². The number of rotatable bonds is 6. The van der Waals surface area contributed by atoms with Crippen molar-refractivity contribution >= 4 is 21.8 Å². The fraction of sp³-hybridized carbons (Fsp3) is 0.462. The Morgan fingerprint density at radius 2 is 2.00 bits per heavy atom. The van der Waals surface area contributed by atoms with Crippen LogP contribution in [-0.2, 0) is 0 Å². The van der Waals surface area contributed by atoms with Crippen molar-refractivity contribution in [1.82, 2.24) is 4.90 Å². The third kappa shape index (κ3) is 4.05. The summed E-state index contributed by atoms with van der Waals surface area (Å²) in [5, 5.41) is 0.934. The molecule has 0 atom stereocenters. The Morgan fingerprint density at radius 3 is 2.67 bits per heavy atom. The van der Waals surface area contributed by atoms with Gasteiger partial charge in [-0.15, -0.1) is 0 Å². The number of unbranched alkanes of at least 4 members (excludes halogenated alkanes) is 2. The minimum Gasteiger partial charge on any atom is -0.342 e. The molecule has 1 amide bonds. The van der Waals surface area contributed by atoms with Crippen LogP contribution in [0.1, 0.15) is 29.6 Å². The summed E-state index contributed by atoms with van der Waals surface area (Å²) < 4.78 is 26.4. The quantitative estimate of drug-likeness (QED) is 0.579. The zero-order valence-corrected chi connectivity index (χ0v) is 11.8. The lowest BCUT2D eigenvalue weighted by atomic mass is 10.1. The summed E-state index contributed by atoms with van der Waals surface area (Å²) in [4.78, 5) is 13.3. The standard InChI is InChI=1S/C13H16BrF2NO/c1-17(9-4-2-3-8-14)13(18)10-6-5-7-11(15)12(10)16/h5-7H,2-4,8-9H2,1H3. The summed E-state index contributed by atoms with van der Waals surface area (Å²) in [6, 6.07) is 3.64. The molecule has 1 rings (SSSR count). The molecule has 0 aliphatic rings. The van der Waals surface area contributed by atoms with Gasteiger partial charge in [-0.25, -0.2) is 8.78 Å². The van der Waals surface area contributed by atoms with Crippen molar-refractivity contribution in [2.24, 2.45) is 0 Å². The summed E-state index contributed by atoms with van der Waals surface area (Å²) in [6.07, 6.45) is 2.88. The lowest BCUT2D eigenvalue weighted by molar-refractivity contribution is 0.0787. The largest absolute Gasteiger partial charge is 0.342 e. The fourth-order valence-electron chi connectivity index (χ4n) is 1.60. The predicted molar refractivity (Wildman–Crippen MR) is 71.0 cm³/mol. The lowest BCUT2D eigenvalue weighted by Crippen LogP contribution is -2.28. The number of carbonyl (C=O) groups excluding carboxylic acids is 1. The first-order chi connectivity index (χ1) is 8.57. The first-order valence-electron chi connectivity index (χ1n) is 5.83. The van der Waals surface area contributed by atoms with Gasteiger partial charge in [0.05, 0.1) is 5.56 Å². The maximum absolute atomic E-state index is 13.4. The van der Waals surface area contributed by atoms with Gasteiger partial charge in [-0.05, 0) is 25.0 Å². The van der Waals surface area contributed by atoms with Gasteiger partial charge < -0.3 is 4.90 Å². The van der Waals surface area contributed by atoms with E-state index in [9.17, 15) is 13.6 Å². The van der Waals surface area contributed by atoms with E-state index in [1.54, 1.807) is 7.05 Å². The molecule has 5 heteroatoms. The molecule has 0 unspecified atom stereocenters. The molecule has 0 aromatic heterocycles. The highest BCUT2D eigenvalue weighted by atomic mass is 79.9. The van der Waals surface area contributed by atoms with Crippen molar-refractivity contribution in [2.45, 2.75) is 19.3 Å². The van der Waals surface area contributed by atoms with Gasteiger partial charge in [-0.1, -0.05) is 28.4 Å². The van der Waals surface area contributed by atoms with Crippen LogP contribution < -0.4 is 0 Å². The van der Waals surface area contributed by atoms with Crippen LogP contribution in [0.15, 0.2) is 18.2 Å². The number of halogens is 3. The van der Waals surface area contributed by atoms with Gasteiger partial charge in [0.15, 0.2) is 11.6 Å². The minimum absolute atomic E-state index is 0.210. The molecular formula is C13H16BrF2NO. The third-order valence-corrected chi connectivity index (χ3v) is 3.22. The molecule has 0 heterocycles. The van der Waals surface area contributed by atoms with Crippen LogP contribution in [0.25, 0.3) is 0 Å². The van der Waals surface area contributed by atoms with Crippen LogP contribution in [0.3, 0.4) is 0 Å². The molecule has 1 aromatic rings. The summed E-state index contributed by atoms with van der Waals surface area (Å²) >= 11 is 3.33. The van der Waals surface area contributed by atoms with Crippen molar-refractivity contribution in [3.63, 3.8) is 0 Å². The molecule has 0 aliphatic carbocycles. The van der Waals surface area contributed by atoms with Gasteiger partial charge >= 0.3 is 0 Å². The highest BCUT2D eigenvalue weighted by Gasteiger charge is 2.18. The Hall–Kier alpha value is -0.970. The van der Waals surface area contributed by atoms with E-state index < -0.39 is 17.5 Å². The van der Waals surface area contributed by atoms with Gasteiger partial charge in [0.1, 0.15) is 0 Å². The number of alkyl halides is 1. The van der Waals surface area contributed by atoms with Gasteiger partial charge in [-0.2, -0.15) is 0 Å². The van der Waals surface area contributed by atoms with Gasteiger partial charge in [-0.3, -0.25) is 4.79 Å². The SMILES string of the molecule is CN(CCCCCBr)C(=O)c1cccc(F)c1F. The van der Waals surface area contributed by atoms with Crippen LogP contribution >= 0.6 is 15.9 Å². The Balaban J connectivity index is 2.60. The summed E-state index contributed by atoms with van der Waals surface area (Å²) in [7, 11) is 1.60. The zero-order valence-electron chi connectivity index (χ0n) is 10.3. The summed E-state index contributed by atoms with van der Waals surface area (Å²) in [6.45, 7) is 0.543. The smallest absolute Gasteiger partial charge is 0.256 e. The molecule has 100 valence electrons. The van der Waals surface area contributed by atoms with Crippen LogP contribution in [0.2, 0.25) is 0 Å². The maximum Gasteiger partial charge on any atom is 0.256 e. The number of nitrogens with zero attached hydrogens (tertiary/aromatic N) is 1. The molecule has 18 heavy (non-hydrogen) atoms. The van der Waals surface area contributed by atoms with E-state index >= 15 is 0 Å². The Kier molecular flexibility index (Phi) is 6.25. The zero-order chi connectivity index (χ0) is 13.5. The van der Waals surface area contributed by atoms with Crippen molar-refractivity contribution in [3.8, 4) is 0 Å². The molecule has 0 aliphatic heterocycles. The minimum atomic E-state index is -1.07. The van der Waals surface area contributed by atoms with Gasteiger partial charge in [0, 0.05) is 18.9 Å². The van der Waals surface area contributed by atoms with Crippen LogP contribution in [0.4, 0.5) is 8.78 Å². The lowest BCUT2D eigenvalue weighted by Gasteiger charge is -2.17. The van der Waals surface area contributed by atoms with Crippen molar-refractivity contribution in [3.05, 3.63) is 35.4 Å². The van der Waals surface area contributed by atoms with Gasteiger partial charge in [0.2, 0.25) is 0 Å². The molecule has 0 saturated heterocycles. The van der Waals surface area contributed by atoms with E-state index in [1.807, 2.05) is 0 Å². The molecule has 0 saturated carbocycles. The first kappa shape index (κ1) is 15.1. The number of hydrogen-bond donors (Lipinski definition) is 0. The fourth-order valence-corrected chi connectivity index (χ4v) is 1.99. The van der Waals surface area contributed by atoms with Crippen molar-refractivity contribution in [1.29, 1.82) is 0 Å². The third-order valence-electron chi connectivity index (χ3n) is 2.66. The number of amides is 1. The molecule has 0 radical (unpaired) electrons. The second-order valence-electron chi connectivity index (χ2n) is 4.08. The maximum atomic E-state index is 13.4. The van der Waals surface area contributed by atoms with E-state index in [2.05, 4.69) is 15.9 Å². The first-order valence-corrected chi connectivity index (χ1v) is 6.95. The number of hydrogen-bond acceptors (Lipinski definition) is 1. The molecule has 1 aromatic carbocycles. The van der Waals surface area contributed by atoms with Crippen molar-refractivity contribution < 1.29 is 13.6 Å². The van der Waals surface area contributed by atoms with E-state index in [0.29, 0.717) is 6.54 Å². The number of benzene rings is 1. The predicted octanol–water partition coefficient (Wildman–Crippen LogP) is 3.60. The average Bonchev–Trinajstić information content (AvgIpc) is 2.37. The molecular weight excluding hydrogens is 304 g/mol. The van der Waals surface area contributed by atoms with Crippen LogP contribution in [-0.4, -0.2) is 29.7 Å². The van der Waals surface area contributed by atoms with E-state index in [4.69, 9.17) is 0 Å².